The zero-order valence-corrected chi connectivity index (χ0v) is 13.9. The molecule has 1 amide bonds. The van der Waals surface area contributed by atoms with Gasteiger partial charge in [-0.2, -0.15) is 0 Å². The van der Waals surface area contributed by atoms with Gasteiger partial charge in [0.05, 0.1) is 6.54 Å². The highest BCUT2D eigenvalue weighted by Gasteiger charge is 2.35. The van der Waals surface area contributed by atoms with Gasteiger partial charge in [-0.3, -0.25) is 9.78 Å². The standard InChI is InChI=1S/C17H24N6O/c24-16(19-11-7-15-6-2-5-10-18-15)12-17(8-3-1-4-9-17)13-23-14-20-21-22-23/h2,5-6,10,14H,1,3-4,7-9,11-13H2,(H,19,24). The number of rotatable bonds is 7. The molecule has 2 aromatic rings. The monoisotopic (exact) mass is 328 g/mol. The normalized spacial score (nSPS) is 16.7. The summed E-state index contributed by atoms with van der Waals surface area (Å²) in [5.41, 5.74) is 0.974. The van der Waals surface area contributed by atoms with Crippen LogP contribution < -0.4 is 5.32 Å². The summed E-state index contributed by atoms with van der Waals surface area (Å²) in [6, 6.07) is 5.84. The van der Waals surface area contributed by atoms with E-state index in [1.165, 1.54) is 19.3 Å². The fraction of sp³-hybridized carbons (Fsp3) is 0.588. The Balaban J connectivity index is 1.53. The Bertz CT molecular complexity index is 622. The lowest BCUT2D eigenvalue weighted by molar-refractivity contribution is -0.124. The molecule has 0 saturated heterocycles. The van der Waals surface area contributed by atoms with Crippen molar-refractivity contribution in [1.29, 1.82) is 0 Å². The highest BCUT2D eigenvalue weighted by Crippen LogP contribution is 2.40. The second-order valence-corrected chi connectivity index (χ2v) is 6.67. The van der Waals surface area contributed by atoms with Crippen molar-refractivity contribution < 1.29 is 4.79 Å². The van der Waals surface area contributed by atoms with Crippen molar-refractivity contribution in [3.8, 4) is 0 Å². The first kappa shape index (κ1) is 16.5. The summed E-state index contributed by atoms with van der Waals surface area (Å²) in [6.07, 6.45) is 10.4. The van der Waals surface area contributed by atoms with Crippen LogP contribution in [0.2, 0.25) is 0 Å². The van der Waals surface area contributed by atoms with Crippen LogP contribution in [0.15, 0.2) is 30.7 Å². The summed E-state index contributed by atoms with van der Waals surface area (Å²) >= 11 is 0. The predicted octanol–water partition coefficient (Wildman–Crippen LogP) is 1.77. The molecule has 1 fully saturated rings. The maximum atomic E-state index is 12.4. The fourth-order valence-electron chi connectivity index (χ4n) is 3.57. The maximum Gasteiger partial charge on any atom is 0.220 e. The van der Waals surface area contributed by atoms with Crippen LogP contribution in [0.3, 0.4) is 0 Å². The lowest BCUT2D eigenvalue weighted by Crippen LogP contribution is -2.37. The van der Waals surface area contributed by atoms with Crippen molar-refractivity contribution in [3.63, 3.8) is 0 Å². The summed E-state index contributed by atoms with van der Waals surface area (Å²) in [7, 11) is 0. The molecular formula is C17H24N6O. The number of pyridine rings is 1. The van der Waals surface area contributed by atoms with Crippen LogP contribution in [-0.4, -0.2) is 37.6 Å². The Morgan fingerprint density at radius 1 is 1.25 bits per heavy atom. The highest BCUT2D eigenvalue weighted by atomic mass is 16.1. The summed E-state index contributed by atoms with van der Waals surface area (Å²) < 4.78 is 1.76. The third-order valence-corrected chi connectivity index (χ3v) is 4.77. The molecule has 3 rings (SSSR count). The Labute approximate surface area is 141 Å². The molecule has 1 saturated carbocycles. The average molecular weight is 328 g/mol. The number of amides is 1. The molecule has 0 aliphatic heterocycles. The molecule has 2 aromatic heterocycles. The molecular weight excluding hydrogens is 304 g/mol. The first-order chi connectivity index (χ1) is 11.8. The van der Waals surface area contributed by atoms with Crippen LogP contribution in [-0.2, 0) is 17.8 Å². The van der Waals surface area contributed by atoms with Gasteiger partial charge in [-0.05, 0) is 40.8 Å². The number of nitrogens with zero attached hydrogens (tertiary/aromatic N) is 5. The van der Waals surface area contributed by atoms with Crippen molar-refractivity contribution in [3.05, 3.63) is 36.4 Å². The highest BCUT2D eigenvalue weighted by molar-refractivity contribution is 5.76. The van der Waals surface area contributed by atoms with E-state index >= 15 is 0 Å². The zero-order valence-electron chi connectivity index (χ0n) is 13.9. The Kier molecular flexibility index (Phi) is 5.51. The van der Waals surface area contributed by atoms with Crippen LogP contribution in [0.25, 0.3) is 0 Å². The molecule has 1 aliphatic rings. The number of tetrazole rings is 1. The number of carbonyl (C=O) groups is 1. The van der Waals surface area contributed by atoms with Gasteiger partial charge >= 0.3 is 0 Å². The molecule has 24 heavy (non-hydrogen) atoms. The molecule has 0 spiro atoms. The van der Waals surface area contributed by atoms with Gasteiger partial charge in [0.2, 0.25) is 5.91 Å². The molecule has 7 nitrogen and oxygen atoms in total. The fourth-order valence-corrected chi connectivity index (χ4v) is 3.57. The van der Waals surface area contributed by atoms with Crippen LogP contribution in [0.4, 0.5) is 0 Å². The second-order valence-electron chi connectivity index (χ2n) is 6.67. The van der Waals surface area contributed by atoms with E-state index in [1.807, 2.05) is 18.2 Å². The van der Waals surface area contributed by atoms with Crippen LogP contribution in [0.1, 0.15) is 44.2 Å². The molecule has 0 unspecified atom stereocenters. The second kappa shape index (κ2) is 7.99. The minimum absolute atomic E-state index is 0.0251. The number of hydrogen-bond donors (Lipinski definition) is 1. The SMILES string of the molecule is O=C(CC1(Cn2cnnn2)CCCCC1)NCCc1ccccn1. The molecule has 0 radical (unpaired) electrons. The van der Waals surface area contributed by atoms with Crippen molar-refractivity contribution in [2.24, 2.45) is 5.41 Å². The van der Waals surface area contributed by atoms with E-state index in [2.05, 4.69) is 25.8 Å². The van der Waals surface area contributed by atoms with Gasteiger partial charge in [-0.15, -0.1) is 5.10 Å². The zero-order chi connectivity index (χ0) is 16.7. The van der Waals surface area contributed by atoms with E-state index in [9.17, 15) is 4.79 Å². The van der Waals surface area contributed by atoms with Crippen molar-refractivity contribution >= 4 is 5.91 Å². The number of hydrogen-bond acceptors (Lipinski definition) is 5. The van der Waals surface area contributed by atoms with Gasteiger partial charge in [-0.1, -0.05) is 25.3 Å². The molecule has 7 heteroatoms. The first-order valence-electron chi connectivity index (χ1n) is 8.63. The average Bonchev–Trinajstić information content (AvgIpc) is 3.09. The smallest absolute Gasteiger partial charge is 0.220 e. The van der Waals surface area contributed by atoms with E-state index in [0.29, 0.717) is 19.5 Å². The maximum absolute atomic E-state index is 12.4. The lowest BCUT2D eigenvalue weighted by Gasteiger charge is -2.36. The predicted molar refractivity (Wildman–Crippen MR) is 88.9 cm³/mol. The van der Waals surface area contributed by atoms with Gasteiger partial charge in [0.1, 0.15) is 6.33 Å². The third kappa shape index (κ3) is 4.59. The Morgan fingerprint density at radius 3 is 2.83 bits per heavy atom. The number of aromatic nitrogens is 5. The van der Waals surface area contributed by atoms with Gasteiger partial charge in [0.15, 0.2) is 0 Å². The first-order valence-corrected chi connectivity index (χ1v) is 8.63. The van der Waals surface area contributed by atoms with Crippen LogP contribution in [0.5, 0.6) is 0 Å². The molecule has 0 atom stereocenters. The minimum Gasteiger partial charge on any atom is -0.356 e. The van der Waals surface area contributed by atoms with Crippen molar-refractivity contribution in [2.45, 2.75) is 51.5 Å². The third-order valence-electron chi connectivity index (χ3n) is 4.77. The van der Waals surface area contributed by atoms with Gasteiger partial charge < -0.3 is 5.32 Å². The van der Waals surface area contributed by atoms with E-state index < -0.39 is 0 Å². The van der Waals surface area contributed by atoms with Crippen LogP contribution >= 0.6 is 0 Å². The van der Waals surface area contributed by atoms with Crippen molar-refractivity contribution in [2.75, 3.05) is 6.54 Å². The quantitative estimate of drug-likeness (QED) is 0.837. The Hall–Kier alpha value is -2.31. The van der Waals surface area contributed by atoms with Gasteiger partial charge in [0.25, 0.3) is 0 Å². The van der Waals surface area contributed by atoms with E-state index in [-0.39, 0.29) is 11.3 Å². The largest absolute Gasteiger partial charge is 0.356 e. The summed E-state index contributed by atoms with van der Waals surface area (Å²) in [4.78, 5) is 16.7. The Morgan fingerprint density at radius 2 is 2.12 bits per heavy atom. The summed E-state index contributed by atoms with van der Waals surface area (Å²) in [5, 5.41) is 14.4. The molecule has 1 aliphatic carbocycles. The molecule has 2 heterocycles. The molecule has 128 valence electrons. The van der Waals surface area contributed by atoms with Crippen molar-refractivity contribution in [1.82, 2.24) is 30.5 Å². The molecule has 0 bridgehead atoms. The van der Waals surface area contributed by atoms with Crippen LogP contribution in [0, 0.1) is 5.41 Å². The lowest BCUT2D eigenvalue weighted by atomic mass is 9.71. The minimum atomic E-state index is -0.0251. The number of carbonyl (C=O) groups excluding carboxylic acids is 1. The molecule has 0 aromatic carbocycles. The van der Waals surface area contributed by atoms with E-state index in [0.717, 1.165) is 25.0 Å². The topological polar surface area (TPSA) is 85.6 Å². The van der Waals surface area contributed by atoms with Gasteiger partial charge in [0, 0.05) is 31.3 Å². The number of nitrogens with one attached hydrogen (secondary N) is 1. The van der Waals surface area contributed by atoms with E-state index in [4.69, 9.17) is 0 Å². The molecule has 1 N–H and O–H groups in total. The summed E-state index contributed by atoms with van der Waals surface area (Å²) in [5.74, 6) is 0.112. The van der Waals surface area contributed by atoms with Gasteiger partial charge in [-0.25, -0.2) is 4.68 Å². The van der Waals surface area contributed by atoms with E-state index in [1.54, 1.807) is 17.2 Å². The summed E-state index contributed by atoms with van der Waals surface area (Å²) in [6.45, 7) is 1.34.